The van der Waals surface area contributed by atoms with E-state index < -0.39 is 6.10 Å². The average molecular weight is 1040 g/mol. The Bertz CT molecular complexity index is 1280. The predicted molar refractivity (Wildman–Crippen MR) is 321 cm³/mol. The highest BCUT2D eigenvalue weighted by atomic mass is 16.6. The summed E-state index contributed by atoms with van der Waals surface area (Å²) in [5.41, 5.74) is 0. The van der Waals surface area contributed by atoms with Gasteiger partial charge in [0.05, 0.1) is 0 Å². The molecule has 0 aliphatic heterocycles. The molecule has 0 fully saturated rings. The molecule has 1 atom stereocenters. The van der Waals surface area contributed by atoms with Crippen molar-refractivity contribution >= 4 is 17.9 Å². The summed E-state index contributed by atoms with van der Waals surface area (Å²) in [6, 6.07) is 0. The summed E-state index contributed by atoms with van der Waals surface area (Å²) in [6.07, 6.45) is 78.5. The number of unbranched alkanes of at least 4 members (excludes halogenated alkanes) is 41. The van der Waals surface area contributed by atoms with Crippen molar-refractivity contribution < 1.29 is 28.6 Å². The summed E-state index contributed by atoms with van der Waals surface area (Å²) in [6.45, 7) is 6.56. The van der Waals surface area contributed by atoms with E-state index in [1.807, 2.05) is 0 Å². The largest absolute Gasteiger partial charge is 0.462 e. The van der Waals surface area contributed by atoms with Crippen molar-refractivity contribution in [2.45, 2.75) is 354 Å². The van der Waals surface area contributed by atoms with Gasteiger partial charge in [-0.05, 0) is 77.0 Å². The summed E-state index contributed by atoms with van der Waals surface area (Å²) in [7, 11) is 0. The maximum Gasteiger partial charge on any atom is 0.306 e. The van der Waals surface area contributed by atoms with Gasteiger partial charge in [-0.25, -0.2) is 0 Å². The molecule has 0 aliphatic carbocycles. The van der Waals surface area contributed by atoms with Gasteiger partial charge in [0.1, 0.15) is 13.2 Å². The third-order valence-corrected chi connectivity index (χ3v) is 14.6. The highest BCUT2D eigenvalue weighted by Gasteiger charge is 2.19. The molecule has 6 heteroatoms. The Morgan fingerprint density at radius 3 is 0.851 bits per heavy atom. The van der Waals surface area contributed by atoms with Crippen LogP contribution in [0.1, 0.15) is 348 Å². The maximum atomic E-state index is 12.9. The number of hydrogen-bond acceptors (Lipinski definition) is 6. The summed E-state index contributed by atoms with van der Waals surface area (Å²) < 4.78 is 16.9. The first-order valence-electron chi connectivity index (χ1n) is 32.6. The van der Waals surface area contributed by atoms with E-state index in [1.165, 1.54) is 225 Å². The Morgan fingerprint density at radius 1 is 0.284 bits per heavy atom. The summed E-state index contributed by atoms with van der Waals surface area (Å²) >= 11 is 0. The van der Waals surface area contributed by atoms with Crippen LogP contribution in [0.2, 0.25) is 0 Å². The molecule has 0 aliphatic rings. The quantitative estimate of drug-likeness (QED) is 0.0261. The van der Waals surface area contributed by atoms with E-state index in [-0.39, 0.29) is 31.1 Å². The van der Waals surface area contributed by atoms with E-state index in [4.69, 9.17) is 14.2 Å². The zero-order valence-corrected chi connectivity index (χ0v) is 49.6. The highest BCUT2D eigenvalue weighted by Crippen LogP contribution is 2.18. The zero-order valence-electron chi connectivity index (χ0n) is 49.6. The second-order valence-electron chi connectivity index (χ2n) is 22.0. The lowest BCUT2D eigenvalue weighted by atomic mass is 10.0. The van der Waals surface area contributed by atoms with Gasteiger partial charge in [0, 0.05) is 19.3 Å². The summed E-state index contributed by atoms with van der Waals surface area (Å²) in [5.74, 6) is -0.889. The van der Waals surface area contributed by atoms with Crippen LogP contribution in [0.5, 0.6) is 0 Å². The number of carbonyl (C=O) groups is 3. The maximum absolute atomic E-state index is 12.9. The minimum atomic E-state index is -0.784. The fraction of sp³-hybridized carbons (Fsp3) is 0.838. The van der Waals surface area contributed by atoms with Crippen LogP contribution < -0.4 is 0 Å². The normalized spacial score (nSPS) is 12.3. The van der Waals surface area contributed by atoms with Crippen LogP contribution >= 0.6 is 0 Å². The van der Waals surface area contributed by atoms with Gasteiger partial charge in [0.25, 0.3) is 0 Å². The number of allylic oxidation sites excluding steroid dienone is 8. The molecule has 0 saturated carbocycles. The molecule has 0 bridgehead atoms. The first kappa shape index (κ1) is 71.4. The van der Waals surface area contributed by atoms with E-state index in [0.29, 0.717) is 19.3 Å². The van der Waals surface area contributed by atoms with Gasteiger partial charge in [-0.15, -0.1) is 0 Å². The lowest BCUT2D eigenvalue weighted by Gasteiger charge is -2.18. The van der Waals surface area contributed by atoms with Gasteiger partial charge >= 0.3 is 17.9 Å². The van der Waals surface area contributed by atoms with E-state index in [0.717, 1.165) is 83.5 Å². The standard InChI is InChI=1S/C68H124O6/c1-4-7-10-13-16-19-22-25-27-29-31-33-34-35-37-38-40-43-46-49-52-55-58-61-67(70)73-64-65(63-72-66(69)60-57-54-51-48-45-42-24-21-18-15-12-9-6-3)74-68(71)62-59-56-53-50-47-44-41-39-36-32-30-28-26-23-20-17-14-11-8-5-2/h9,12,18,21,29,31,42,45,65H,4-8,10-11,13-17,19-20,22-28,30,32-41,43-44,46-64H2,1-3H3/b12-9-,21-18-,31-29-,45-42-. The Kier molecular flexibility index (Phi) is 60.7. The first-order valence-corrected chi connectivity index (χ1v) is 32.6. The van der Waals surface area contributed by atoms with Gasteiger partial charge in [-0.2, -0.15) is 0 Å². The third-order valence-electron chi connectivity index (χ3n) is 14.6. The fourth-order valence-electron chi connectivity index (χ4n) is 9.69. The molecule has 74 heavy (non-hydrogen) atoms. The minimum absolute atomic E-state index is 0.0792. The number of hydrogen-bond donors (Lipinski definition) is 0. The Morgan fingerprint density at radius 2 is 0.527 bits per heavy atom. The zero-order chi connectivity index (χ0) is 53.6. The van der Waals surface area contributed by atoms with Crippen LogP contribution in [0.4, 0.5) is 0 Å². The number of carbonyl (C=O) groups excluding carboxylic acids is 3. The molecule has 0 rings (SSSR count). The van der Waals surface area contributed by atoms with Crippen LogP contribution in [-0.4, -0.2) is 37.2 Å². The Balaban J connectivity index is 4.28. The molecule has 0 aromatic carbocycles. The number of esters is 3. The molecule has 0 heterocycles. The topological polar surface area (TPSA) is 78.9 Å². The molecule has 0 aromatic heterocycles. The molecule has 6 nitrogen and oxygen atoms in total. The van der Waals surface area contributed by atoms with E-state index >= 15 is 0 Å². The first-order chi connectivity index (χ1) is 36.5. The van der Waals surface area contributed by atoms with Crippen LogP contribution in [0, 0.1) is 0 Å². The van der Waals surface area contributed by atoms with E-state index in [2.05, 4.69) is 69.4 Å². The van der Waals surface area contributed by atoms with Crippen LogP contribution in [0.3, 0.4) is 0 Å². The minimum Gasteiger partial charge on any atom is -0.462 e. The number of ether oxygens (including phenoxy) is 3. The summed E-state index contributed by atoms with van der Waals surface area (Å²) in [4.78, 5) is 38.3. The van der Waals surface area contributed by atoms with Crippen molar-refractivity contribution in [1.29, 1.82) is 0 Å². The molecule has 432 valence electrons. The molecule has 0 amide bonds. The molecule has 0 radical (unpaired) electrons. The highest BCUT2D eigenvalue weighted by molar-refractivity contribution is 5.71. The second kappa shape index (κ2) is 62.9. The Hall–Kier alpha value is -2.63. The molecule has 0 saturated heterocycles. The van der Waals surface area contributed by atoms with Gasteiger partial charge in [0.2, 0.25) is 0 Å². The molecule has 0 aromatic rings. The smallest absolute Gasteiger partial charge is 0.306 e. The van der Waals surface area contributed by atoms with Crippen LogP contribution in [0.25, 0.3) is 0 Å². The van der Waals surface area contributed by atoms with Crippen molar-refractivity contribution in [3.63, 3.8) is 0 Å². The van der Waals surface area contributed by atoms with Gasteiger partial charge in [-0.3, -0.25) is 14.4 Å². The fourth-order valence-corrected chi connectivity index (χ4v) is 9.69. The van der Waals surface area contributed by atoms with Gasteiger partial charge in [-0.1, -0.05) is 301 Å². The van der Waals surface area contributed by atoms with Gasteiger partial charge in [0.15, 0.2) is 6.10 Å². The van der Waals surface area contributed by atoms with Crippen molar-refractivity contribution in [3.8, 4) is 0 Å². The van der Waals surface area contributed by atoms with Gasteiger partial charge < -0.3 is 14.2 Å². The number of rotatable bonds is 60. The van der Waals surface area contributed by atoms with Crippen molar-refractivity contribution in [2.75, 3.05) is 13.2 Å². The summed E-state index contributed by atoms with van der Waals surface area (Å²) in [5, 5.41) is 0. The van der Waals surface area contributed by atoms with Crippen molar-refractivity contribution in [1.82, 2.24) is 0 Å². The van der Waals surface area contributed by atoms with E-state index in [1.54, 1.807) is 0 Å². The predicted octanol–water partition coefficient (Wildman–Crippen LogP) is 22.2. The van der Waals surface area contributed by atoms with Crippen molar-refractivity contribution in [2.24, 2.45) is 0 Å². The van der Waals surface area contributed by atoms with E-state index in [9.17, 15) is 14.4 Å². The Labute approximate surface area is 460 Å². The molecular weight excluding hydrogens is 913 g/mol. The average Bonchev–Trinajstić information content (AvgIpc) is 3.40. The van der Waals surface area contributed by atoms with Crippen LogP contribution in [-0.2, 0) is 28.6 Å². The molecule has 0 spiro atoms. The second-order valence-corrected chi connectivity index (χ2v) is 22.0. The molecule has 1 unspecified atom stereocenters. The third kappa shape index (κ3) is 60.2. The monoisotopic (exact) mass is 1040 g/mol. The lowest BCUT2D eigenvalue weighted by molar-refractivity contribution is -0.167. The molecular formula is C68H124O6. The SMILES string of the molecule is CC/C=C\C/C=C\C/C=C\CCCCCC(=O)OCC(COC(=O)CCCCCCCCCCCCC/C=C\CCCCCCCCCC)OC(=O)CCCCCCCCCCCCCCCCCCCCCC. The van der Waals surface area contributed by atoms with Crippen molar-refractivity contribution in [3.05, 3.63) is 48.6 Å². The molecule has 0 N–H and O–H groups in total. The van der Waals surface area contributed by atoms with Crippen LogP contribution in [0.15, 0.2) is 48.6 Å². The lowest BCUT2D eigenvalue weighted by Crippen LogP contribution is -2.30.